The minimum Gasteiger partial charge on any atom is -0.506 e. The topological polar surface area (TPSA) is 165 Å². The Morgan fingerprint density at radius 2 is 1.68 bits per heavy atom. The smallest absolute Gasteiger partial charge is 0.408 e. The molecule has 4 aromatic carbocycles. The summed E-state index contributed by atoms with van der Waals surface area (Å²) in [6.07, 6.45) is 0.667. The molecule has 2 amide bonds. The third-order valence-electron chi connectivity index (χ3n) is 9.98. The first-order valence-corrected chi connectivity index (χ1v) is 17.9. The van der Waals surface area contributed by atoms with E-state index in [0.29, 0.717) is 34.8 Å². The van der Waals surface area contributed by atoms with Crippen molar-refractivity contribution >= 4 is 28.6 Å². The molecule has 0 unspecified atom stereocenters. The lowest BCUT2D eigenvalue weighted by Crippen LogP contribution is -2.52. The fourth-order valence-corrected chi connectivity index (χ4v) is 7.19. The number of piperidine rings is 3. The van der Waals surface area contributed by atoms with Gasteiger partial charge in [-0.25, -0.2) is 4.79 Å². The van der Waals surface area contributed by atoms with Crippen molar-refractivity contribution in [3.63, 3.8) is 0 Å². The van der Waals surface area contributed by atoms with E-state index in [0.717, 1.165) is 49.2 Å². The van der Waals surface area contributed by atoms with Gasteiger partial charge in [-0.1, -0.05) is 60.7 Å². The van der Waals surface area contributed by atoms with Crippen LogP contribution in [0.25, 0.3) is 10.9 Å². The molecule has 8 rings (SSSR count). The Labute approximate surface area is 306 Å². The maximum absolute atomic E-state index is 13.2. The normalized spacial score (nSPS) is 18.9. The number of hydrogen-bond acceptors (Lipinski definition) is 9. The second-order valence-electron chi connectivity index (χ2n) is 13.6. The van der Waals surface area contributed by atoms with Gasteiger partial charge in [0.25, 0.3) is 5.91 Å². The molecule has 3 aliphatic heterocycles. The molecular formula is C41H43N5O7. The number of carbonyl (C=O) groups is 2. The number of ether oxygens (including phenoxy) is 2. The molecule has 12 nitrogen and oxygen atoms in total. The first kappa shape index (κ1) is 35.7. The summed E-state index contributed by atoms with van der Waals surface area (Å²) < 4.78 is 11.8. The summed E-state index contributed by atoms with van der Waals surface area (Å²) in [6, 6.07) is 29.9. The molecule has 274 valence electrons. The molecule has 3 fully saturated rings. The lowest BCUT2D eigenvalue weighted by molar-refractivity contribution is -0.118. The number of phenolic OH excluding ortho intramolecular Hbond substituents is 1. The van der Waals surface area contributed by atoms with Gasteiger partial charge >= 0.3 is 6.09 Å². The SMILES string of the molecule is O=C(COc1cccc([C@@H](NC(=O)O[C@H]2CN3CCC2CC3)c2ccccc2)c1)Nc1ccc(CNC[C@H](O)c2ccc(O)c3[nH]c(=O)ccc23)cc1. The Hall–Kier alpha value is -5.69. The molecule has 12 heteroatoms. The van der Waals surface area contributed by atoms with Crippen LogP contribution < -0.4 is 26.2 Å². The number of fused-ring (bicyclic) bond motifs is 4. The van der Waals surface area contributed by atoms with Crippen molar-refractivity contribution < 1.29 is 29.3 Å². The number of amides is 2. The number of aliphatic hydroxyl groups is 1. The molecule has 3 saturated heterocycles. The third-order valence-corrected chi connectivity index (χ3v) is 9.98. The molecule has 0 radical (unpaired) electrons. The molecule has 3 aliphatic rings. The number of hydrogen-bond donors (Lipinski definition) is 6. The van der Waals surface area contributed by atoms with Crippen LogP contribution in [0.3, 0.4) is 0 Å². The van der Waals surface area contributed by atoms with Crippen LogP contribution in [-0.2, 0) is 16.1 Å². The second kappa shape index (κ2) is 16.3. The lowest BCUT2D eigenvalue weighted by Gasteiger charge is -2.43. The summed E-state index contributed by atoms with van der Waals surface area (Å²) in [5.74, 6) is 0.503. The van der Waals surface area contributed by atoms with Crippen molar-refractivity contribution in [2.24, 2.45) is 5.92 Å². The maximum Gasteiger partial charge on any atom is 0.408 e. The molecule has 3 atom stereocenters. The van der Waals surface area contributed by atoms with Gasteiger partial charge < -0.3 is 40.6 Å². The maximum atomic E-state index is 13.2. The molecule has 0 aliphatic carbocycles. The van der Waals surface area contributed by atoms with Crippen molar-refractivity contribution in [3.05, 3.63) is 136 Å². The molecule has 4 heterocycles. The molecule has 6 N–H and O–H groups in total. The predicted molar refractivity (Wildman–Crippen MR) is 201 cm³/mol. The van der Waals surface area contributed by atoms with Gasteiger partial charge in [-0.3, -0.25) is 14.5 Å². The van der Waals surface area contributed by atoms with Gasteiger partial charge in [0.1, 0.15) is 17.6 Å². The molecule has 2 bridgehead atoms. The first-order valence-electron chi connectivity index (χ1n) is 17.9. The lowest BCUT2D eigenvalue weighted by atomic mass is 9.86. The van der Waals surface area contributed by atoms with E-state index in [1.54, 1.807) is 30.3 Å². The Bertz CT molecular complexity index is 2100. The summed E-state index contributed by atoms with van der Waals surface area (Å²) in [7, 11) is 0. The van der Waals surface area contributed by atoms with Crippen LogP contribution >= 0.6 is 0 Å². The van der Waals surface area contributed by atoms with Gasteiger partial charge in [-0.15, -0.1) is 0 Å². The number of pyridine rings is 1. The Kier molecular flexibility index (Phi) is 11.0. The van der Waals surface area contributed by atoms with E-state index in [9.17, 15) is 24.6 Å². The average molecular weight is 718 g/mol. The highest BCUT2D eigenvalue weighted by molar-refractivity contribution is 5.92. The van der Waals surface area contributed by atoms with Gasteiger partial charge in [0.05, 0.1) is 17.7 Å². The van der Waals surface area contributed by atoms with Gasteiger partial charge in [-0.05, 0) is 90.5 Å². The largest absolute Gasteiger partial charge is 0.506 e. The number of aromatic nitrogens is 1. The number of aliphatic hydroxyl groups excluding tert-OH is 1. The number of nitrogens with zero attached hydrogens (tertiary/aromatic N) is 1. The van der Waals surface area contributed by atoms with Crippen molar-refractivity contribution in [2.75, 3.05) is 38.1 Å². The van der Waals surface area contributed by atoms with Crippen molar-refractivity contribution in [3.8, 4) is 11.5 Å². The summed E-state index contributed by atoms with van der Waals surface area (Å²) in [5, 5.41) is 30.6. The van der Waals surface area contributed by atoms with Crippen molar-refractivity contribution in [1.82, 2.24) is 20.5 Å². The van der Waals surface area contributed by atoms with Crippen LogP contribution in [0.2, 0.25) is 0 Å². The van der Waals surface area contributed by atoms with Crippen molar-refractivity contribution in [2.45, 2.75) is 37.6 Å². The van der Waals surface area contributed by atoms with Crippen LogP contribution in [0.5, 0.6) is 11.5 Å². The standard InChI is InChI=1S/C41H43N5O7/c47-34-15-13-32(33-14-16-37(49)44-40(33)34)35(48)23-42-22-26-9-11-30(12-10-26)43-38(50)25-52-31-8-4-7-29(21-31)39(28-5-2-1-3-6-28)45-41(51)53-36-24-46-19-17-27(36)18-20-46/h1-16,21,27,35-36,39,42,47-48H,17-20,22-25H2,(H,43,50)(H,44,49)(H,45,51)/t35-,36-,39-/m0/s1. The molecule has 53 heavy (non-hydrogen) atoms. The second-order valence-corrected chi connectivity index (χ2v) is 13.6. The number of aromatic hydroxyl groups is 1. The van der Waals surface area contributed by atoms with Crippen LogP contribution in [0.1, 0.15) is 47.2 Å². The van der Waals surface area contributed by atoms with Crippen LogP contribution in [0.15, 0.2) is 108 Å². The van der Waals surface area contributed by atoms with E-state index in [1.807, 2.05) is 60.7 Å². The average Bonchev–Trinajstić information content (AvgIpc) is 3.18. The first-order chi connectivity index (χ1) is 25.8. The van der Waals surface area contributed by atoms with Crippen molar-refractivity contribution in [1.29, 1.82) is 0 Å². The number of nitrogens with one attached hydrogen (secondary N) is 4. The number of alkyl carbamates (subject to hydrolysis) is 1. The minimum atomic E-state index is -0.875. The third kappa shape index (κ3) is 8.86. The minimum absolute atomic E-state index is 0.0610. The van der Waals surface area contributed by atoms with E-state index in [2.05, 4.69) is 25.8 Å². The number of phenols is 1. The monoisotopic (exact) mass is 717 g/mol. The summed E-state index contributed by atoms with van der Waals surface area (Å²) >= 11 is 0. The Morgan fingerprint density at radius 1 is 0.906 bits per heavy atom. The number of benzene rings is 4. The zero-order valence-corrected chi connectivity index (χ0v) is 29.2. The number of rotatable bonds is 13. The van der Waals surface area contributed by atoms with Gasteiger partial charge in [0.15, 0.2) is 6.61 Å². The molecule has 1 aromatic heterocycles. The quantitative estimate of drug-likeness (QED) is 0.0985. The zero-order chi connectivity index (χ0) is 36.7. The van der Waals surface area contributed by atoms with Crippen LogP contribution in [0.4, 0.5) is 10.5 Å². The highest BCUT2D eigenvalue weighted by Crippen LogP contribution is 2.31. The summed E-state index contributed by atoms with van der Waals surface area (Å²) in [5.41, 5.74) is 3.77. The van der Waals surface area contributed by atoms with E-state index < -0.39 is 18.2 Å². The van der Waals surface area contributed by atoms with Gasteiger partial charge in [-0.2, -0.15) is 0 Å². The highest BCUT2D eigenvalue weighted by Gasteiger charge is 2.37. The molecule has 5 aromatic rings. The Morgan fingerprint density at radius 3 is 2.43 bits per heavy atom. The van der Waals surface area contributed by atoms with E-state index >= 15 is 0 Å². The van der Waals surface area contributed by atoms with E-state index in [-0.39, 0.29) is 42.0 Å². The molecule has 0 spiro atoms. The highest BCUT2D eigenvalue weighted by atomic mass is 16.6. The van der Waals surface area contributed by atoms with Crippen LogP contribution in [0, 0.1) is 5.92 Å². The van der Waals surface area contributed by atoms with Gasteiger partial charge in [0.2, 0.25) is 5.56 Å². The number of anilines is 1. The molecule has 0 saturated carbocycles. The fraction of sp³-hybridized carbons (Fsp3) is 0.293. The van der Waals surface area contributed by atoms with E-state index in [1.165, 1.54) is 12.1 Å². The number of H-pyrrole nitrogens is 1. The summed E-state index contributed by atoms with van der Waals surface area (Å²) in [4.78, 5) is 42.6. The fourth-order valence-electron chi connectivity index (χ4n) is 7.19. The number of carbonyl (C=O) groups excluding carboxylic acids is 2. The van der Waals surface area contributed by atoms with E-state index in [4.69, 9.17) is 9.47 Å². The number of aromatic amines is 1. The Balaban J connectivity index is 0.902. The summed E-state index contributed by atoms with van der Waals surface area (Å²) in [6.45, 7) is 3.40. The van der Waals surface area contributed by atoms with Crippen LogP contribution in [-0.4, -0.2) is 71.0 Å². The van der Waals surface area contributed by atoms with Gasteiger partial charge in [0, 0.05) is 36.8 Å². The zero-order valence-electron chi connectivity index (χ0n) is 29.2. The predicted octanol–water partition coefficient (Wildman–Crippen LogP) is 4.98. The molecular weight excluding hydrogens is 674 g/mol.